The predicted octanol–water partition coefficient (Wildman–Crippen LogP) is 4.82. The Labute approximate surface area is 123 Å². The van der Waals surface area contributed by atoms with Crippen molar-refractivity contribution in [3.8, 4) is 5.75 Å². The average molecular weight is 296 g/mol. The van der Waals surface area contributed by atoms with Gasteiger partial charge < -0.3 is 10.1 Å². The summed E-state index contributed by atoms with van der Waals surface area (Å²) in [4.78, 5) is 1.24. The van der Waals surface area contributed by atoms with Gasteiger partial charge in [-0.1, -0.05) is 29.8 Å². The fourth-order valence-electron chi connectivity index (χ4n) is 2.13. The maximum absolute atomic E-state index is 5.98. The lowest BCUT2D eigenvalue weighted by atomic mass is 10.1. The summed E-state index contributed by atoms with van der Waals surface area (Å²) in [5.74, 6) is 0.916. The van der Waals surface area contributed by atoms with Crippen LogP contribution in [0.4, 0.5) is 0 Å². The highest BCUT2D eigenvalue weighted by molar-refractivity contribution is 7.16. The Balaban J connectivity index is 2.10. The molecule has 1 N–H and O–H groups in total. The van der Waals surface area contributed by atoms with E-state index in [2.05, 4.69) is 31.3 Å². The van der Waals surface area contributed by atoms with Crippen molar-refractivity contribution in [3.63, 3.8) is 0 Å². The van der Waals surface area contributed by atoms with Crippen LogP contribution >= 0.6 is 22.9 Å². The van der Waals surface area contributed by atoms with Crippen LogP contribution in [0.25, 0.3) is 0 Å². The molecule has 2 aromatic rings. The molecule has 1 unspecified atom stereocenters. The maximum Gasteiger partial charge on any atom is 0.123 e. The fraction of sp³-hybridized carbons (Fsp3) is 0.333. The molecule has 0 bridgehead atoms. The minimum atomic E-state index is 0.215. The summed E-state index contributed by atoms with van der Waals surface area (Å²) >= 11 is 7.59. The Morgan fingerprint density at radius 2 is 1.84 bits per heavy atom. The van der Waals surface area contributed by atoms with Gasteiger partial charge in [0, 0.05) is 22.5 Å². The molecule has 0 aliphatic carbocycles. The Kier molecular flexibility index (Phi) is 4.86. The summed E-state index contributed by atoms with van der Waals surface area (Å²) in [6.07, 6.45) is 0. The Bertz CT molecular complexity index is 540. The van der Waals surface area contributed by atoms with Crippen LogP contribution in [0.15, 0.2) is 36.4 Å². The second-order valence-electron chi connectivity index (χ2n) is 4.49. The van der Waals surface area contributed by atoms with Crippen LogP contribution < -0.4 is 10.1 Å². The van der Waals surface area contributed by atoms with E-state index in [1.807, 2.05) is 24.3 Å². The van der Waals surface area contributed by atoms with Gasteiger partial charge in [0.2, 0.25) is 0 Å². The molecule has 0 fully saturated rings. The van der Waals surface area contributed by atoms with Crippen LogP contribution in [0.3, 0.4) is 0 Å². The summed E-state index contributed by atoms with van der Waals surface area (Å²) < 4.78 is 6.23. The van der Waals surface area contributed by atoms with E-state index in [4.69, 9.17) is 16.3 Å². The molecule has 0 saturated carbocycles. The SMILES string of the molecule is COc1ccccc1[C@H](C)NC(C)c1ccc(Cl)s1. The van der Waals surface area contributed by atoms with Crippen LogP contribution in [0.5, 0.6) is 5.75 Å². The molecule has 0 spiro atoms. The fourth-order valence-corrected chi connectivity index (χ4v) is 3.20. The molecule has 0 aliphatic heterocycles. The number of nitrogens with one attached hydrogen (secondary N) is 1. The number of benzene rings is 1. The first-order chi connectivity index (χ1) is 9.11. The number of methoxy groups -OCH3 is 1. The first-order valence-electron chi connectivity index (χ1n) is 6.26. The zero-order valence-corrected chi connectivity index (χ0v) is 12.9. The van der Waals surface area contributed by atoms with E-state index in [0.717, 1.165) is 10.1 Å². The lowest BCUT2D eigenvalue weighted by Crippen LogP contribution is -2.22. The van der Waals surface area contributed by atoms with Crippen molar-refractivity contribution >= 4 is 22.9 Å². The summed E-state index contributed by atoms with van der Waals surface area (Å²) in [7, 11) is 1.70. The number of hydrogen-bond donors (Lipinski definition) is 1. The van der Waals surface area contributed by atoms with E-state index in [1.165, 1.54) is 10.4 Å². The van der Waals surface area contributed by atoms with Crippen LogP contribution in [-0.4, -0.2) is 7.11 Å². The van der Waals surface area contributed by atoms with Gasteiger partial charge in [-0.15, -0.1) is 11.3 Å². The lowest BCUT2D eigenvalue weighted by Gasteiger charge is -2.21. The highest BCUT2D eigenvalue weighted by Crippen LogP contribution is 2.30. The molecule has 1 aromatic carbocycles. The third-order valence-corrected chi connectivity index (χ3v) is 4.54. The standard InChI is InChI=1S/C15H18ClNOS/c1-10(12-6-4-5-7-13(12)18-3)17-11(2)14-8-9-15(16)19-14/h4-11,17H,1-3H3/t10-,11?/m0/s1. The van der Waals surface area contributed by atoms with Crippen LogP contribution in [0.2, 0.25) is 4.34 Å². The first-order valence-corrected chi connectivity index (χ1v) is 7.45. The van der Waals surface area contributed by atoms with Gasteiger partial charge >= 0.3 is 0 Å². The molecule has 2 rings (SSSR count). The monoisotopic (exact) mass is 295 g/mol. The molecule has 0 aliphatic rings. The molecule has 0 saturated heterocycles. The van der Waals surface area contributed by atoms with Crippen LogP contribution in [0.1, 0.15) is 36.4 Å². The van der Waals surface area contributed by atoms with E-state index < -0.39 is 0 Å². The van der Waals surface area contributed by atoms with Crippen molar-refractivity contribution in [1.29, 1.82) is 0 Å². The molecule has 2 atom stereocenters. The van der Waals surface area contributed by atoms with E-state index in [9.17, 15) is 0 Å². The molecular formula is C15H18ClNOS. The Morgan fingerprint density at radius 3 is 2.47 bits per heavy atom. The van der Waals surface area contributed by atoms with Crippen molar-refractivity contribution in [2.45, 2.75) is 25.9 Å². The van der Waals surface area contributed by atoms with Crippen molar-refractivity contribution in [1.82, 2.24) is 5.32 Å². The molecule has 0 amide bonds. The van der Waals surface area contributed by atoms with Crippen molar-refractivity contribution < 1.29 is 4.74 Å². The number of para-hydroxylation sites is 1. The predicted molar refractivity (Wildman–Crippen MR) is 82.3 cm³/mol. The van der Waals surface area contributed by atoms with Gasteiger partial charge in [0.05, 0.1) is 11.4 Å². The largest absolute Gasteiger partial charge is 0.496 e. The van der Waals surface area contributed by atoms with Crippen LogP contribution in [-0.2, 0) is 0 Å². The number of ether oxygens (including phenoxy) is 1. The zero-order chi connectivity index (χ0) is 13.8. The van der Waals surface area contributed by atoms with Gasteiger partial charge in [-0.05, 0) is 32.0 Å². The summed E-state index contributed by atoms with van der Waals surface area (Å²) in [5.41, 5.74) is 1.17. The van der Waals surface area contributed by atoms with E-state index in [-0.39, 0.29) is 12.1 Å². The number of halogens is 1. The first kappa shape index (κ1) is 14.4. The van der Waals surface area contributed by atoms with Gasteiger partial charge in [0.25, 0.3) is 0 Å². The van der Waals surface area contributed by atoms with Crippen LogP contribution in [0, 0.1) is 0 Å². The third-order valence-electron chi connectivity index (χ3n) is 3.13. The van der Waals surface area contributed by atoms with Gasteiger partial charge in [-0.3, -0.25) is 0 Å². The van der Waals surface area contributed by atoms with E-state index in [0.29, 0.717) is 0 Å². The summed E-state index contributed by atoms with van der Waals surface area (Å²) in [6, 6.07) is 12.6. The lowest BCUT2D eigenvalue weighted by molar-refractivity contribution is 0.397. The molecule has 1 heterocycles. The van der Waals surface area contributed by atoms with Crippen molar-refractivity contribution in [2.24, 2.45) is 0 Å². The van der Waals surface area contributed by atoms with E-state index in [1.54, 1.807) is 18.4 Å². The summed E-state index contributed by atoms with van der Waals surface area (Å²) in [5, 5.41) is 3.57. The van der Waals surface area contributed by atoms with Gasteiger partial charge in [-0.25, -0.2) is 0 Å². The minimum Gasteiger partial charge on any atom is -0.496 e. The van der Waals surface area contributed by atoms with Gasteiger partial charge in [-0.2, -0.15) is 0 Å². The number of rotatable bonds is 5. The zero-order valence-electron chi connectivity index (χ0n) is 11.3. The molecular weight excluding hydrogens is 278 g/mol. The second kappa shape index (κ2) is 6.42. The van der Waals surface area contributed by atoms with Gasteiger partial charge in [0.1, 0.15) is 5.75 Å². The average Bonchev–Trinajstić information content (AvgIpc) is 2.85. The number of thiophene rings is 1. The molecule has 19 heavy (non-hydrogen) atoms. The molecule has 1 aromatic heterocycles. The maximum atomic E-state index is 5.98. The molecule has 4 heteroatoms. The minimum absolute atomic E-state index is 0.215. The molecule has 102 valence electrons. The highest BCUT2D eigenvalue weighted by Gasteiger charge is 2.15. The Hall–Kier alpha value is -1.03. The number of hydrogen-bond acceptors (Lipinski definition) is 3. The molecule has 0 radical (unpaired) electrons. The second-order valence-corrected chi connectivity index (χ2v) is 6.24. The van der Waals surface area contributed by atoms with E-state index >= 15 is 0 Å². The quantitative estimate of drug-likeness (QED) is 0.853. The highest BCUT2D eigenvalue weighted by atomic mass is 35.5. The Morgan fingerprint density at radius 1 is 1.11 bits per heavy atom. The van der Waals surface area contributed by atoms with Crippen molar-refractivity contribution in [2.75, 3.05) is 7.11 Å². The smallest absolute Gasteiger partial charge is 0.123 e. The summed E-state index contributed by atoms with van der Waals surface area (Å²) in [6.45, 7) is 4.29. The normalized spacial score (nSPS) is 14.1. The topological polar surface area (TPSA) is 21.3 Å². The van der Waals surface area contributed by atoms with Gasteiger partial charge in [0.15, 0.2) is 0 Å². The molecule has 2 nitrogen and oxygen atoms in total. The third kappa shape index (κ3) is 3.50. The van der Waals surface area contributed by atoms with Crippen molar-refractivity contribution in [3.05, 3.63) is 51.2 Å².